The summed E-state index contributed by atoms with van der Waals surface area (Å²) in [5.41, 5.74) is 1.20. The van der Waals surface area contributed by atoms with Crippen molar-refractivity contribution in [1.29, 1.82) is 0 Å². The third-order valence-electron chi connectivity index (χ3n) is 2.42. The highest BCUT2D eigenvalue weighted by atomic mass is 35.5. The van der Waals surface area contributed by atoms with Gasteiger partial charge < -0.3 is 19.9 Å². The lowest BCUT2D eigenvalue weighted by molar-refractivity contribution is 0.144. The van der Waals surface area contributed by atoms with E-state index in [-0.39, 0.29) is 10.8 Å². The number of hydrogen-bond donors (Lipinski definition) is 3. The number of fused-ring (bicyclic) bond motifs is 1. The Morgan fingerprint density at radius 1 is 1.59 bits per heavy atom. The van der Waals surface area contributed by atoms with E-state index in [0.717, 1.165) is 0 Å². The summed E-state index contributed by atoms with van der Waals surface area (Å²) in [6.45, 7) is 1.58. The van der Waals surface area contributed by atoms with Crippen molar-refractivity contribution in [3.05, 3.63) is 28.9 Å². The van der Waals surface area contributed by atoms with Crippen molar-refractivity contribution in [2.24, 2.45) is 0 Å². The summed E-state index contributed by atoms with van der Waals surface area (Å²) in [6.07, 6.45) is -0.546. The van der Waals surface area contributed by atoms with Gasteiger partial charge in [0, 0.05) is 17.1 Å². The number of halogens is 1. The molecule has 17 heavy (non-hydrogen) atoms. The average Bonchev–Trinajstić information content (AvgIpc) is 2.70. The van der Waals surface area contributed by atoms with Crippen molar-refractivity contribution >= 4 is 28.7 Å². The number of aromatic nitrogens is 1. The normalized spacial score (nSPS) is 12.6. The van der Waals surface area contributed by atoms with Crippen LogP contribution in [0.2, 0.25) is 5.02 Å². The van der Waals surface area contributed by atoms with E-state index in [0.29, 0.717) is 16.5 Å². The van der Waals surface area contributed by atoms with Crippen LogP contribution < -0.4 is 4.74 Å². The van der Waals surface area contributed by atoms with Crippen molar-refractivity contribution in [3.8, 4) is 5.75 Å². The fraction of sp³-hybridized carbons (Fsp3) is 0.182. The first kappa shape index (κ1) is 11.8. The van der Waals surface area contributed by atoms with Gasteiger partial charge in [-0.1, -0.05) is 11.6 Å². The Bertz CT molecular complexity index is 576. The summed E-state index contributed by atoms with van der Waals surface area (Å²) in [7, 11) is 0. The monoisotopic (exact) mass is 255 g/mol. The maximum absolute atomic E-state index is 10.5. The largest absolute Gasteiger partial charge is 0.511 e. The zero-order valence-electron chi connectivity index (χ0n) is 8.90. The third kappa shape index (κ3) is 2.07. The molecule has 0 fully saturated rings. The Labute approximate surface area is 102 Å². The number of nitrogens with one attached hydrogen (secondary N) is 1. The van der Waals surface area contributed by atoms with Crippen molar-refractivity contribution in [3.63, 3.8) is 0 Å². The molecule has 3 N–H and O–H groups in total. The van der Waals surface area contributed by atoms with E-state index >= 15 is 0 Å². The highest BCUT2D eigenvalue weighted by molar-refractivity contribution is 6.37. The zero-order valence-corrected chi connectivity index (χ0v) is 9.65. The smallest absolute Gasteiger partial charge is 0.449 e. The number of rotatable bonds is 2. The Balaban J connectivity index is 2.68. The lowest BCUT2D eigenvalue weighted by Crippen LogP contribution is -2.05. The van der Waals surface area contributed by atoms with E-state index < -0.39 is 12.3 Å². The Kier molecular flexibility index (Phi) is 2.95. The molecule has 90 valence electrons. The molecule has 1 aromatic carbocycles. The number of benzene rings is 1. The molecule has 0 amide bonds. The minimum atomic E-state index is -1.45. The van der Waals surface area contributed by atoms with Gasteiger partial charge in [0.1, 0.15) is 0 Å². The number of carbonyl (C=O) groups is 1. The Morgan fingerprint density at radius 2 is 2.29 bits per heavy atom. The molecule has 2 rings (SSSR count). The van der Waals surface area contributed by atoms with Gasteiger partial charge in [0.2, 0.25) is 0 Å². The molecular formula is C11H10ClNO4. The fourth-order valence-electron chi connectivity index (χ4n) is 1.70. The topological polar surface area (TPSA) is 82.6 Å². The summed E-state index contributed by atoms with van der Waals surface area (Å²) in [5.74, 6) is 0.0159. The summed E-state index contributed by atoms with van der Waals surface area (Å²) < 4.78 is 4.57. The van der Waals surface area contributed by atoms with E-state index in [1.807, 2.05) is 0 Å². The van der Waals surface area contributed by atoms with Crippen molar-refractivity contribution < 1.29 is 19.7 Å². The molecule has 2 aromatic rings. The predicted octanol–water partition coefficient (Wildman–Crippen LogP) is 2.93. The second-order valence-corrected chi connectivity index (χ2v) is 3.97. The average molecular weight is 256 g/mol. The lowest BCUT2D eigenvalue weighted by atomic mass is 10.1. The van der Waals surface area contributed by atoms with Crippen LogP contribution in [0, 0.1) is 0 Å². The molecule has 0 aliphatic carbocycles. The van der Waals surface area contributed by atoms with Gasteiger partial charge in [-0.3, -0.25) is 0 Å². The van der Waals surface area contributed by atoms with Crippen LogP contribution in [-0.2, 0) is 0 Å². The summed E-state index contributed by atoms with van der Waals surface area (Å²) >= 11 is 6.01. The molecule has 0 aliphatic heterocycles. The van der Waals surface area contributed by atoms with E-state index in [1.54, 1.807) is 19.2 Å². The van der Waals surface area contributed by atoms with E-state index in [4.69, 9.17) is 16.7 Å². The van der Waals surface area contributed by atoms with Crippen molar-refractivity contribution in [1.82, 2.24) is 4.98 Å². The van der Waals surface area contributed by atoms with Crippen LogP contribution >= 0.6 is 11.6 Å². The highest BCUT2D eigenvalue weighted by Crippen LogP contribution is 2.37. The maximum atomic E-state index is 10.5. The number of aliphatic hydroxyl groups is 1. The number of H-pyrrole nitrogens is 1. The van der Waals surface area contributed by atoms with Crippen LogP contribution in [-0.4, -0.2) is 21.4 Å². The van der Waals surface area contributed by atoms with Gasteiger partial charge in [-0.15, -0.1) is 0 Å². The number of aliphatic hydroxyl groups excluding tert-OH is 1. The van der Waals surface area contributed by atoms with Gasteiger partial charge in [-0.25, -0.2) is 4.79 Å². The number of carboxylic acid groups (broad SMARTS) is 1. The number of hydrogen-bond acceptors (Lipinski definition) is 3. The van der Waals surface area contributed by atoms with Crippen molar-refractivity contribution in [2.45, 2.75) is 13.0 Å². The van der Waals surface area contributed by atoms with Gasteiger partial charge in [-0.2, -0.15) is 0 Å². The molecule has 1 atom stereocenters. The highest BCUT2D eigenvalue weighted by Gasteiger charge is 2.17. The van der Waals surface area contributed by atoms with Gasteiger partial charge in [0.25, 0.3) is 0 Å². The van der Waals surface area contributed by atoms with Crippen LogP contribution in [0.15, 0.2) is 18.3 Å². The van der Waals surface area contributed by atoms with E-state index in [9.17, 15) is 9.90 Å². The minimum absolute atomic E-state index is 0.0159. The molecule has 1 heterocycles. The first-order chi connectivity index (χ1) is 8.00. The van der Waals surface area contributed by atoms with Crippen LogP contribution in [0.5, 0.6) is 5.75 Å². The van der Waals surface area contributed by atoms with Gasteiger partial charge >= 0.3 is 6.16 Å². The third-order valence-corrected chi connectivity index (χ3v) is 2.81. The van der Waals surface area contributed by atoms with Gasteiger partial charge in [-0.05, 0) is 19.1 Å². The van der Waals surface area contributed by atoms with Crippen LogP contribution in [0.25, 0.3) is 10.9 Å². The lowest BCUT2D eigenvalue weighted by Gasteiger charge is -2.11. The first-order valence-electron chi connectivity index (χ1n) is 4.89. The second-order valence-electron chi connectivity index (χ2n) is 3.59. The van der Waals surface area contributed by atoms with Crippen molar-refractivity contribution in [2.75, 3.05) is 0 Å². The summed E-state index contributed by atoms with van der Waals surface area (Å²) in [5, 5.41) is 19.0. The molecule has 5 nitrogen and oxygen atoms in total. The molecule has 0 saturated carbocycles. The number of aromatic amines is 1. The van der Waals surface area contributed by atoms with Crippen LogP contribution in [0.1, 0.15) is 18.6 Å². The molecule has 1 unspecified atom stereocenters. The SMILES string of the molecule is CC(O)c1cc(OC(=O)O)c(Cl)c2cc[nH]c12. The zero-order chi connectivity index (χ0) is 12.6. The fourth-order valence-corrected chi connectivity index (χ4v) is 1.95. The molecule has 0 spiro atoms. The maximum Gasteiger partial charge on any atom is 0.511 e. The number of ether oxygens (including phenoxy) is 1. The molecular weight excluding hydrogens is 246 g/mol. The van der Waals surface area contributed by atoms with Crippen LogP contribution in [0.4, 0.5) is 4.79 Å². The van der Waals surface area contributed by atoms with Gasteiger partial charge in [0.15, 0.2) is 5.75 Å². The van der Waals surface area contributed by atoms with E-state index in [1.165, 1.54) is 6.07 Å². The minimum Gasteiger partial charge on any atom is -0.449 e. The van der Waals surface area contributed by atoms with Gasteiger partial charge in [0.05, 0.1) is 16.6 Å². The molecule has 0 aliphatic rings. The summed E-state index contributed by atoms with van der Waals surface area (Å²) in [6, 6.07) is 3.11. The predicted molar refractivity (Wildman–Crippen MR) is 62.6 cm³/mol. The molecule has 1 aromatic heterocycles. The Hall–Kier alpha value is -1.72. The van der Waals surface area contributed by atoms with E-state index in [2.05, 4.69) is 9.72 Å². The molecule has 0 saturated heterocycles. The first-order valence-corrected chi connectivity index (χ1v) is 5.27. The van der Waals surface area contributed by atoms with Crippen LogP contribution in [0.3, 0.4) is 0 Å². The molecule has 0 bridgehead atoms. The quantitative estimate of drug-likeness (QED) is 0.569. The molecule has 6 heteroatoms. The molecule has 0 radical (unpaired) electrons. The summed E-state index contributed by atoms with van der Waals surface area (Å²) in [4.78, 5) is 13.5. The second kappa shape index (κ2) is 4.27. The Morgan fingerprint density at radius 3 is 2.88 bits per heavy atom. The standard InChI is InChI=1S/C11H10ClNO4/c1-5(14)7-4-8(17-11(15)16)9(12)6-2-3-13-10(6)7/h2-5,13-14H,1H3,(H,15,16).